The van der Waals surface area contributed by atoms with Gasteiger partial charge in [-0.3, -0.25) is 9.48 Å². The molecule has 24 heavy (non-hydrogen) atoms. The molecule has 0 aliphatic heterocycles. The van der Waals surface area contributed by atoms with Crippen LogP contribution in [0.1, 0.15) is 37.1 Å². The number of anilines is 1. The molecule has 0 saturated heterocycles. The normalized spacial score (nSPS) is 10.8. The van der Waals surface area contributed by atoms with Crippen LogP contribution in [0.15, 0.2) is 36.4 Å². The maximum absolute atomic E-state index is 12.4. The Morgan fingerprint density at radius 1 is 1.12 bits per heavy atom. The molecule has 0 unspecified atom stereocenters. The zero-order valence-electron chi connectivity index (χ0n) is 14.4. The molecule has 1 aromatic carbocycles. The molecule has 0 spiro atoms. The third-order valence-corrected chi connectivity index (χ3v) is 5.16. The maximum Gasteiger partial charge on any atom is 0.265 e. The summed E-state index contributed by atoms with van der Waals surface area (Å²) >= 11 is 1.50. The van der Waals surface area contributed by atoms with E-state index in [9.17, 15) is 4.79 Å². The Balaban J connectivity index is 1.84. The van der Waals surface area contributed by atoms with Crippen molar-refractivity contribution in [3.63, 3.8) is 0 Å². The highest BCUT2D eigenvalue weighted by atomic mass is 32.1. The second-order valence-electron chi connectivity index (χ2n) is 5.99. The van der Waals surface area contributed by atoms with Crippen molar-refractivity contribution < 1.29 is 4.79 Å². The highest BCUT2D eigenvalue weighted by molar-refractivity contribution is 7.14. The molecule has 0 aliphatic rings. The van der Waals surface area contributed by atoms with Crippen LogP contribution in [0.5, 0.6) is 0 Å². The van der Waals surface area contributed by atoms with Gasteiger partial charge in [0.2, 0.25) is 0 Å². The number of thiophene rings is 1. The number of nitrogens with one attached hydrogen (secondary N) is 1. The average Bonchev–Trinajstić information content (AvgIpc) is 3.09. The monoisotopic (exact) mass is 339 g/mol. The first kappa shape index (κ1) is 16.5. The van der Waals surface area contributed by atoms with Crippen LogP contribution in [0.2, 0.25) is 0 Å². The largest absolute Gasteiger partial charge is 0.318 e. The fourth-order valence-electron chi connectivity index (χ4n) is 2.71. The highest BCUT2D eigenvalue weighted by Gasteiger charge is 2.16. The van der Waals surface area contributed by atoms with E-state index in [-0.39, 0.29) is 5.91 Å². The van der Waals surface area contributed by atoms with E-state index < -0.39 is 0 Å². The number of benzene rings is 1. The number of aromatic nitrogens is 2. The van der Waals surface area contributed by atoms with Crippen molar-refractivity contribution in [2.45, 2.75) is 34.2 Å². The number of amides is 1. The van der Waals surface area contributed by atoms with Crippen molar-refractivity contribution in [1.29, 1.82) is 0 Å². The lowest BCUT2D eigenvalue weighted by Gasteiger charge is -2.08. The number of carbonyl (C=O) groups is 1. The van der Waals surface area contributed by atoms with Crippen LogP contribution in [0.3, 0.4) is 0 Å². The predicted octanol–water partition coefficient (Wildman–Crippen LogP) is 4.48. The Morgan fingerprint density at radius 2 is 1.88 bits per heavy atom. The smallest absolute Gasteiger partial charge is 0.265 e. The fraction of sp³-hybridized carbons (Fsp3) is 0.263. The molecule has 0 fully saturated rings. The standard InChI is InChI=1S/C19H21N3OS/c1-12-7-5-6-8-16(12)11-22-15(4)18(14(3)21-22)20-19(23)17-10-9-13(2)24-17/h5-10H,11H2,1-4H3,(H,20,23). The predicted molar refractivity (Wildman–Crippen MR) is 99.0 cm³/mol. The molecule has 124 valence electrons. The minimum atomic E-state index is -0.0743. The topological polar surface area (TPSA) is 46.9 Å². The molecule has 2 heterocycles. The summed E-state index contributed by atoms with van der Waals surface area (Å²) in [7, 11) is 0. The Morgan fingerprint density at radius 3 is 2.54 bits per heavy atom. The van der Waals surface area contributed by atoms with Crippen LogP contribution in [-0.2, 0) is 6.54 Å². The van der Waals surface area contributed by atoms with Crippen LogP contribution in [0.25, 0.3) is 0 Å². The van der Waals surface area contributed by atoms with Gasteiger partial charge < -0.3 is 5.32 Å². The summed E-state index contributed by atoms with van der Waals surface area (Å²) < 4.78 is 1.95. The van der Waals surface area contributed by atoms with Crippen molar-refractivity contribution in [2.24, 2.45) is 0 Å². The quantitative estimate of drug-likeness (QED) is 0.762. The lowest BCUT2D eigenvalue weighted by Crippen LogP contribution is -2.12. The molecule has 0 saturated carbocycles. The number of nitrogens with zero attached hydrogens (tertiary/aromatic N) is 2. The summed E-state index contributed by atoms with van der Waals surface area (Å²) in [5.41, 5.74) is 5.08. The summed E-state index contributed by atoms with van der Waals surface area (Å²) in [4.78, 5) is 14.3. The molecule has 3 rings (SSSR count). The molecule has 3 aromatic rings. The second kappa shape index (κ2) is 6.61. The van der Waals surface area contributed by atoms with E-state index in [1.807, 2.05) is 49.7 Å². The van der Waals surface area contributed by atoms with Gasteiger partial charge in [-0.2, -0.15) is 5.10 Å². The van der Waals surface area contributed by atoms with Gasteiger partial charge in [0.05, 0.1) is 28.5 Å². The van der Waals surface area contributed by atoms with E-state index in [4.69, 9.17) is 0 Å². The number of carbonyl (C=O) groups excluding carboxylic acids is 1. The van der Waals surface area contributed by atoms with Gasteiger partial charge in [0, 0.05) is 4.88 Å². The molecule has 2 aromatic heterocycles. The Kier molecular flexibility index (Phi) is 4.53. The van der Waals surface area contributed by atoms with Gasteiger partial charge >= 0.3 is 0 Å². The van der Waals surface area contributed by atoms with E-state index in [1.165, 1.54) is 22.5 Å². The van der Waals surface area contributed by atoms with Crippen LogP contribution in [0.4, 0.5) is 5.69 Å². The zero-order valence-corrected chi connectivity index (χ0v) is 15.2. The van der Waals surface area contributed by atoms with E-state index in [2.05, 4.69) is 29.5 Å². The fourth-order valence-corrected chi connectivity index (χ4v) is 3.48. The molecule has 4 nitrogen and oxygen atoms in total. The molecule has 0 aliphatic carbocycles. The number of hydrogen-bond acceptors (Lipinski definition) is 3. The molecule has 0 bridgehead atoms. The first-order valence-electron chi connectivity index (χ1n) is 7.92. The molecule has 0 radical (unpaired) electrons. The maximum atomic E-state index is 12.4. The van der Waals surface area contributed by atoms with E-state index >= 15 is 0 Å². The van der Waals surface area contributed by atoms with Gasteiger partial charge in [-0.1, -0.05) is 24.3 Å². The van der Waals surface area contributed by atoms with Crippen LogP contribution < -0.4 is 5.32 Å². The highest BCUT2D eigenvalue weighted by Crippen LogP contribution is 2.23. The molecular formula is C19H21N3OS. The molecule has 1 N–H and O–H groups in total. The lowest BCUT2D eigenvalue weighted by molar-refractivity contribution is 0.103. The zero-order chi connectivity index (χ0) is 17.3. The van der Waals surface area contributed by atoms with Gasteiger partial charge in [0.1, 0.15) is 0 Å². The van der Waals surface area contributed by atoms with E-state index in [1.54, 1.807) is 0 Å². The third-order valence-electron chi connectivity index (χ3n) is 4.17. The Hall–Kier alpha value is -2.40. The van der Waals surface area contributed by atoms with Crippen LogP contribution in [-0.4, -0.2) is 15.7 Å². The van der Waals surface area contributed by atoms with Gasteiger partial charge in [-0.25, -0.2) is 0 Å². The molecule has 5 heteroatoms. The van der Waals surface area contributed by atoms with Crippen molar-refractivity contribution in [3.05, 3.63) is 68.7 Å². The summed E-state index contributed by atoms with van der Waals surface area (Å²) in [5.74, 6) is -0.0743. The van der Waals surface area contributed by atoms with Gasteiger partial charge in [-0.15, -0.1) is 11.3 Å². The molecule has 0 atom stereocenters. The number of rotatable bonds is 4. The van der Waals surface area contributed by atoms with Crippen molar-refractivity contribution in [2.75, 3.05) is 5.32 Å². The van der Waals surface area contributed by atoms with Crippen LogP contribution in [0, 0.1) is 27.7 Å². The Bertz CT molecular complexity index is 892. The number of hydrogen-bond donors (Lipinski definition) is 1. The lowest BCUT2D eigenvalue weighted by atomic mass is 10.1. The van der Waals surface area contributed by atoms with E-state index in [0.717, 1.165) is 26.8 Å². The molecule has 1 amide bonds. The third kappa shape index (κ3) is 3.26. The van der Waals surface area contributed by atoms with E-state index in [0.29, 0.717) is 6.54 Å². The SMILES string of the molecule is Cc1ccc(C(=O)Nc2c(C)nn(Cc3ccccc3C)c2C)s1. The second-order valence-corrected chi connectivity index (χ2v) is 7.28. The summed E-state index contributed by atoms with van der Waals surface area (Å²) in [6.45, 7) is 8.72. The minimum absolute atomic E-state index is 0.0743. The summed E-state index contributed by atoms with van der Waals surface area (Å²) in [6, 6.07) is 12.1. The van der Waals surface area contributed by atoms with Gasteiger partial charge in [-0.05, 0) is 51.0 Å². The first-order chi connectivity index (χ1) is 11.5. The van der Waals surface area contributed by atoms with Gasteiger partial charge in [0.25, 0.3) is 5.91 Å². The van der Waals surface area contributed by atoms with Crippen molar-refractivity contribution >= 4 is 22.9 Å². The molecular weight excluding hydrogens is 318 g/mol. The first-order valence-corrected chi connectivity index (χ1v) is 8.73. The van der Waals surface area contributed by atoms with Gasteiger partial charge in [0.15, 0.2) is 0 Å². The number of aryl methyl sites for hydroxylation is 3. The average molecular weight is 339 g/mol. The summed E-state index contributed by atoms with van der Waals surface area (Å²) in [5, 5.41) is 7.62. The Labute approximate surface area is 146 Å². The van der Waals surface area contributed by atoms with Crippen molar-refractivity contribution in [1.82, 2.24) is 9.78 Å². The van der Waals surface area contributed by atoms with Crippen LogP contribution >= 0.6 is 11.3 Å². The summed E-state index contributed by atoms with van der Waals surface area (Å²) in [6.07, 6.45) is 0. The minimum Gasteiger partial charge on any atom is -0.318 e. The van der Waals surface area contributed by atoms with Crippen molar-refractivity contribution in [3.8, 4) is 0 Å².